The molecule has 136 valence electrons. The van der Waals surface area contributed by atoms with Crippen molar-refractivity contribution in [2.75, 3.05) is 6.54 Å². The molecule has 2 heterocycles. The van der Waals surface area contributed by atoms with E-state index in [2.05, 4.69) is 56.1 Å². The van der Waals surface area contributed by atoms with Crippen molar-refractivity contribution >= 4 is 18.5 Å². The molecule has 0 saturated carbocycles. The molecular weight excluding hydrogens is 315 g/mol. The van der Waals surface area contributed by atoms with Crippen molar-refractivity contribution in [1.82, 2.24) is 10.2 Å². The minimum Gasteiger partial charge on any atom is -0.399 e. The molecule has 2 aliphatic rings. The second-order valence-electron chi connectivity index (χ2n) is 8.48. The van der Waals surface area contributed by atoms with Gasteiger partial charge in [0.15, 0.2) is 0 Å². The van der Waals surface area contributed by atoms with E-state index in [0.29, 0.717) is 6.54 Å². The summed E-state index contributed by atoms with van der Waals surface area (Å²) < 4.78 is 12.3. The maximum absolute atomic E-state index is 12.0. The number of fused-ring (bicyclic) bond motifs is 1. The summed E-state index contributed by atoms with van der Waals surface area (Å²) >= 11 is 0. The van der Waals surface area contributed by atoms with E-state index in [-0.39, 0.29) is 30.3 Å². The number of benzene rings is 1. The summed E-state index contributed by atoms with van der Waals surface area (Å²) in [6, 6.07) is 6.56. The Morgan fingerprint density at radius 2 is 1.76 bits per heavy atom. The first-order valence-corrected chi connectivity index (χ1v) is 9.06. The lowest BCUT2D eigenvalue weighted by molar-refractivity contribution is -0.122. The van der Waals surface area contributed by atoms with Gasteiger partial charge < -0.3 is 14.6 Å². The van der Waals surface area contributed by atoms with E-state index in [1.807, 2.05) is 13.8 Å². The van der Waals surface area contributed by atoms with Crippen LogP contribution in [0.3, 0.4) is 0 Å². The first kappa shape index (κ1) is 18.4. The van der Waals surface area contributed by atoms with Crippen LogP contribution in [0.1, 0.15) is 52.7 Å². The van der Waals surface area contributed by atoms with Crippen molar-refractivity contribution in [3.05, 3.63) is 29.3 Å². The smallest absolute Gasteiger partial charge is 0.399 e. The van der Waals surface area contributed by atoms with Gasteiger partial charge in [0.25, 0.3) is 0 Å². The van der Waals surface area contributed by atoms with Crippen LogP contribution in [0, 0.1) is 0 Å². The van der Waals surface area contributed by atoms with E-state index >= 15 is 0 Å². The Labute approximate surface area is 151 Å². The molecule has 1 N–H and O–H groups in total. The van der Waals surface area contributed by atoms with Crippen LogP contribution in [0.5, 0.6) is 0 Å². The van der Waals surface area contributed by atoms with Crippen LogP contribution in [0.25, 0.3) is 0 Å². The summed E-state index contributed by atoms with van der Waals surface area (Å²) in [5.41, 5.74) is 2.91. The van der Waals surface area contributed by atoms with Crippen molar-refractivity contribution in [2.24, 2.45) is 0 Å². The van der Waals surface area contributed by atoms with Crippen LogP contribution in [-0.2, 0) is 27.2 Å². The summed E-state index contributed by atoms with van der Waals surface area (Å²) in [5.74, 6) is 0.0778. The van der Waals surface area contributed by atoms with E-state index in [1.54, 1.807) is 0 Å². The highest BCUT2D eigenvalue weighted by Crippen LogP contribution is 2.36. The Kier molecular flexibility index (Phi) is 4.73. The molecule has 1 aromatic rings. The molecule has 0 aromatic heterocycles. The molecule has 3 rings (SSSR count). The van der Waals surface area contributed by atoms with Crippen molar-refractivity contribution in [3.63, 3.8) is 0 Å². The van der Waals surface area contributed by atoms with Crippen molar-refractivity contribution < 1.29 is 14.1 Å². The molecule has 1 amide bonds. The quantitative estimate of drug-likeness (QED) is 0.847. The molecule has 0 radical (unpaired) electrons. The largest absolute Gasteiger partial charge is 0.494 e. The average molecular weight is 344 g/mol. The highest BCUT2D eigenvalue weighted by Gasteiger charge is 2.51. The molecule has 25 heavy (non-hydrogen) atoms. The minimum absolute atomic E-state index is 0.0778. The number of hydrogen-bond acceptors (Lipinski definition) is 4. The number of hydrogen-bond donors (Lipinski definition) is 1. The zero-order chi connectivity index (χ0) is 18.4. The second-order valence-corrected chi connectivity index (χ2v) is 8.48. The lowest BCUT2D eigenvalue weighted by atomic mass is 9.78. The Bertz CT molecular complexity index is 657. The Morgan fingerprint density at radius 1 is 1.16 bits per heavy atom. The first-order chi connectivity index (χ1) is 11.6. The lowest BCUT2D eigenvalue weighted by Gasteiger charge is -2.32. The predicted molar refractivity (Wildman–Crippen MR) is 99.6 cm³/mol. The number of nitrogens with one attached hydrogen (secondary N) is 1. The standard InChI is InChI=1S/C19H29BN2O3/c1-13(2)21-17(23)12-22-10-14-7-8-16(9-15(14)11-22)20-24-18(3,4)19(5,6)25-20/h7-9,13H,10-12H2,1-6H3,(H,21,23). The third-order valence-corrected chi connectivity index (χ3v) is 5.36. The topological polar surface area (TPSA) is 50.8 Å². The van der Waals surface area contributed by atoms with Crippen molar-refractivity contribution in [1.29, 1.82) is 0 Å². The van der Waals surface area contributed by atoms with Gasteiger partial charge in [0.1, 0.15) is 0 Å². The Hall–Kier alpha value is -1.37. The van der Waals surface area contributed by atoms with E-state index in [1.165, 1.54) is 11.1 Å². The van der Waals surface area contributed by atoms with Gasteiger partial charge in [-0.15, -0.1) is 0 Å². The van der Waals surface area contributed by atoms with Crippen LogP contribution in [-0.4, -0.2) is 41.7 Å². The number of nitrogens with zero attached hydrogens (tertiary/aromatic N) is 1. The number of rotatable bonds is 4. The lowest BCUT2D eigenvalue weighted by Crippen LogP contribution is -2.41. The number of carbonyl (C=O) groups excluding carboxylic acids is 1. The van der Waals surface area contributed by atoms with Gasteiger partial charge in [-0.05, 0) is 58.1 Å². The summed E-state index contributed by atoms with van der Waals surface area (Å²) in [7, 11) is -0.339. The number of carbonyl (C=O) groups is 1. The second kappa shape index (κ2) is 6.42. The third-order valence-electron chi connectivity index (χ3n) is 5.36. The SMILES string of the molecule is CC(C)NC(=O)CN1Cc2ccc(B3OC(C)(C)C(C)(C)O3)cc2C1. The highest BCUT2D eigenvalue weighted by molar-refractivity contribution is 6.62. The van der Waals surface area contributed by atoms with Crippen molar-refractivity contribution in [3.8, 4) is 0 Å². The minimum atomic E-state index is -0.339. The van der Waals surface area contributed by atoms with E-state index in [0.717, 1.165) is 18.6 Å². The van der Waals surface area contributed by atoms with Crippen LogP contribution in [0.2, 0.25) is 0 Å². The first-order valence-electron chi connectivity index (χ1n) is 9.06. The third kappa shape index (κ3) is 3.76. The fourth-order valence-electron chi connectivity index (χ4n) is 3.29. The maximum Gasteiger partial charge on any atom is 0.494 e. The van der Waals surface area contributed by atoms with Gasteiger partial charge in [-0.1, -0.05) is 18.2 Å². The average Bonchev–Trinajstić information content (AvgIpc) is 2.94. The molecule has 6 heteroatoms. The molecule has 0 aliphatic carbocycles. The summed E-state index contributed by atoms with van der Waals surface area (Å²) in [4.78, 5) is 14.1. The Morgan fingerprint density at radius 3 is 2.36 bits per heavy atom. The Balaban J connectivity index is 1.68. The summed E-state index contributed by atoms with van der Waals surface area (Å²) in [5, 5.41) is 2.95. The van der Waals surface area contributed by atoms with Gasteiger partial charge in [0, 0.05) is 19.1 Å². The van der Waals surface area contributed by atoms with Gasteiger partial charge in [0.2, 0.25) is 5.91 Å². The molecule has 1 fully saturated rings. The van der Waals surface area contributed by atoms with Gasteiger partial charge in [-0.3, -0.25) is 9.69 Å². The molecule has 1 aromatic carbocycles. The molecule has 0 unspecified atom stereocenters. The monoisotopic (exact) mass is 344 g/mol. The van der Waals surface area contributed by atoms with Crippen LogP contribution in [0.15, 0.2) is 18.2 Å². The highest BCUT2D eigenvalue weighted by atomic mass is 16.7. The fourth-order valence-corrected chi connectivity index (χ4v) is 3.29. The zero-order valence-electron chi connectivity index (χ0n) is 16.2. The fraction of sp³-hybridized carbons (Fsp3) is 0.632. The normalized spacial score (nSPS) is 21.6. The van der Waals surface area contributed by atoms with Gasteiger partial charge in [-0.25, -0.2) is 0 Å². The molecular formula is C19H29BN2O3. The van der Waals surface area contributed by atoms with Gasteiger partial charge in [0.05, 0.1) is 17.7 Å². The molecule has 0 atom stereocenters. The molecule has 1 saturated heterocycles. The molecule has 0 bridgehead atoms. The van der Waals surface area contributed by atoms with Crippen molar-refractivity contribution in [2.45, 2.75) is 71.9 Å². The van der Waals surface area contributed by atoms with Crippen LogP contribution < -0.4 is 10.8 Å². The molecule has 0 spiro atoms. The van der Waals surface area contributed by atoms with Crippen LogP contribution in [0.4, 0.5) is 0 Å². The molecule has 5 nitrogen and oxygen atoms in total. The zero-order valence-corrected chi connectivity index (χ0v) is 16.2. The summed E-state index contributed by atoms with van der Waals surface area (Å²) in [6.07, 6.45) is 0. The maximum atomic E-state index is 12.0. The van der Waals surface area contributed by atoms with Gasteiger partial charge >= 0.3 is 7.12 Å². The van der Waals surface area contributed by atoms with Crippen LogP contribution >= 0.6 is 0 Å². The molecule has 2 aliphatic heterocycles. The summed E-state index contributed by atoms with van der Waals surface area (Å²) in [6.45, 7) is 14.2. The van der Waals surface area contributed by atoms with E-state index in [9.17, 15) is 4.79 Å². The van der Waals surface area contributed by atoms with Gasteiger partial charge in [-0.2, -0.15) is 0 Å². The predicted octanol–water partition coefficient (Wildman–Crippen LogP) is 1.83. The van der Waals surface area contributed by atoms with E-state index in [4.69, 9.17) is 9.31 Å². The van der Waals surface area contributed by atoms with E-state index < -0.39 is 0 Å². The number of amides is 1.